The molecule has 0 radical (unpaired) electrons. The van der Waals surface area contributed by atoms with Crippen LogP contribution in [0.5, 0.6) is 5.75 Å². The molecule has 1 aromatic heterocycles. The van der Waals surface area contributed by atoms with Crippen molar-refractivity contribution >= 4 is 32.7 Å². The molecule has 3 aromatic rings. The van der Waals surface area contributed by atoms with E-state index in [1.807, 2.05) is 36.4 Å². The molecule has 2 aromatic carbocycles. The van der Waals surface area contributed by atoms with E-state index >= 15 is 0 Å². The van der Waals surface area contributed by atoms with Gasteiger partial charge in [0.25, 0.3) is 5.91 Å². The Morgan fingerprint density at radius 1 is 1.20 bits per heavy atom. The number of pyridine rings is 1. The topological polar surface area (TPSA) is 62.4 Å². The molecule has 1 N–H and O–H groups in total. The van der Waals surface area contributed by atoms with Crippen molar-refractivity contribution in [3.63, 3.8) is 0 Å². The summed E-state index contributed by atoms with van der Waals surface area (Å²) in [5.74, 6) is 0.489. The van der Waals surface area contributed by atoms with Crippen LogP contribution in [0.3, 0.4) is 0 Å². The lowest BCUT2D eigenvalue weighted by Gasteiger charge is -2.20. The number of ether oxygens (including phenoxy) is 1. The number of methoxy groups -OCH3 is 1. The summed E-state index contributed by atoms with van der Waals surface area (Å²) in [7, 11) is 3.30. The first kappa shape index (κ1) is 17.2. The van der Waals surface area contributed by atoms with Gasteiger partial charge in [-0.1, -0.05) is 34.1 Å². The summed E-state index contributed by atoms with van der Waals surface area (Å²) in [5, 5.41) is 0.722. The quantitative estimate of drug-likeness (QED) is 0.727. The third-order valence-electron chi connectivity index (χ3n) is 3.98. The Kier molecular flexibility index (Phi) is 4.90. The molecule has 128 valence electrons. The number of benzene rings is 2. The van der Waals surface area contributed by atoms with Crippen LogP contribution in [-0.2, 0) is 6.54 Å². The largest absolute Gasteiger partial charge is 0.496 e. The molecule has 1 amide bonds. The third kappa shape index (κ3) is 3.58. The zero-order valence-corrected chi connectivity index (χ0v) is 15.5. The molecule has 6 heteroatoms. The van der Waals surface area contributed by atoms with Crippen LogP contribution in [-0.4, -0.2) is 29.9 Å². The second-order valence-electron chi connectivity index (χ2n) is 5.71. The van der Waals surface area contributed by atoms with Gasteiger partial charge in [-0.2, -0.15) is 0 Å². The summed E-state index contributed by atoms with van der Waals surface area (Å²) >= 11 is 3.44. The molecule has 0 spiro atoms. The Bertz CT molecular complexity index is 997. The van der Waals surface area contributed by atoms with Gasteiger partial charge in [-0.25, -0.2) is 0 Å². The number of H-pyrrole nitrogens is 1. The number of carbonyl (C=O) groups excluding carboxylic acids is 1. The average Bonchev–Trinajstić information content (AvgIpc) is 2.60. The molecule has 1 heterocycles. The molecule has 0 aliphatic rings. The fraction of sp³-hybridized carbons (Fsp3) is 0.158. The molecule has 0 saturated carbocycles. The number of amides is 1. The van der Waals surface area contributed by atoms with E-state index < -0.39 is 0 Å². The molecule has 5 nitrogen and oxygen atoms in total. The maximum atomic E-state index is 12.9. The van der Waals surface area contributed by atoms with E-state index in [1.54, 1.807) is 25.1 Å². The highest BCUT2D eigenvalue weighted by atomic mass is 79.9. The zero-order chi connectivity index (χ0) is 18.0. The summed E-state index contributed by atoms with van der Waals surface area (Å²) in [4.78, 5) is 29.1. The molecule has 0 aliphatic heterocycles. The number of halogens is 1. The fourth-order valence-corrected chi connectivity index (χ4v) is 3.19. The van der Waals surface area contributed by atoms with Crippen LogP contribution in [0.2, 0.25) is 0 Å². The lowest BCUT2D eigenvalue weighted by Crippen LogP contribution is -2.27. The minimum atomic E-state index is -0.296. The number of aromatic amines is 1. The van der Waals surface area contributed by atoms with E-state index in [4.69, 9.17) is 4.74 Å². The molecule has 0 atom stereocenters. The summed E-state index contributed by atoms with van der Waals surface area (Å²) < 4.78 is 6.27. The second-order valence-corrected chi connectivity index (χ2v) is 6.63. The van der Waals surface area contributed by atoms with Crippen molar-refractivity contribution in [3.05, 3.63) is 74.5 Å². The van der Waals surface area contributed by atoms with E-state index in [-0.39, 0.29) is 11.5 Å². The van der Waals surface area contributed by atoms with Crippen molar-refractivity contribution in [2.24, 2.45) is 0 Å². The van der Waals surface area contributed by atoms with Crippen LogP contribution in [0.25, 0.3) is 10.9 Å². The summed E-state index contributed by atoms with van der Waals surface area (Å²) in [6, 6.07) is 14.3. The molecule has 0 aliphatic carbocycles. The van der Waals surface area contributed by atoms with Gasteiger partial charge in [0.1, 0.15) is 5.75 Å². The SMILES string of the molecule is COc1ccc(Br)cc1CN(C)C(=O)c1cc(=O)[nH]c2ccccc12. The highest BCUT2D eigenvalue weighted by molar-refractivity contribution is 9.10. The number of nitrogens with zero attached hydrogens (tertiary/aromatic N) is 1. The Morgan fingerprint density at radius 2 is 1.96 bits per heavy atom. The van der Waals surface area contributed by atoms with Crippen LogP contribution >= 0.6 is 15.9 Å². The molecular formula is C19H17BrN2O3. The number of rotatable bonds is 4. The highest BCUT2D eigenvalue weighted by Gasteiger charge is 2.17. The molecule has 0 fully saturated rings. The van der Waals surface area contributed by atoms with E-state index in [9.17, 15) is 9.59 Å². The average molecular weight is 401 g/mol. The predicted octanol–water partition coefficient (Wildman–Crippen LogP) is 3.57. The lowest BCUT2D eigenvalue weighted by atomic mass is 10.1. The number of hydrogen-bond acceptors (Lipinski definition) is 3. The van der Waals surface area contributed by atoms with Crippen molar-refractivity contribution in [3.8, 4) is 5.75 Å². The predicted molar refractivity (Wildman–Crippen MR) is 101 cm³/mol. The standard InChI is InChI=1S/C19H17BrN2O3/c1-22(11-12-9-13(20)7-8-17(12)25-2)19(24)15-10-18(23)21-16-6-4-3-5-14(15)16/h3-10H,11H2,1-2H3,(H,21,23). The first-order valence-corrected chi connectivity index (χ1v) is 8.49. The minimum absolute atomic E-state index is 0.218. The number of fused-ring (bicyclic) bond motifs is 1. The van der Waals surface area contributed by atoms with Crippen molar-refractivity contribution < 1.29 is 9.53 Å². The van der Waals surface area contributed by atoms with Gasteiger partial charge >= 0.3 is 0 Å². The normalized spacial score (nSPS) is 10.7. The van der Waals surface area contributed by atoms with Crippen LogP contribution < -0.4 is 10.3 Å². The van der Waals surface area contributed by atoms with E-state index in [0.717, 1.165) is 15.4 Å². The molecule has 0 saturated heterocycles. The van der Waals surface area contributed by atoms with Gasteiger partial charge in [0.2, 0.25) is 5.56 Å². The van der Waals surface area contributed by atoms with Gasteiger partial charge in [-0.15, -0.1) is 0 Å². The lowest BCUT2D eigenvalue weighted by molar-refractivity contribution is 0.0786. The van der Waals surface area contributed by atoms with Gasteiger partial charge in [-0.05, 0) is 24.3 Å². The monoisotopic (exact) mass is 400 g/mol. The van der Waals surface area contributed by atoms with Gasteiger partial charge in [-0.3, -0.25) is 9.59 Å². The maximum absolute atomic E-state index is 12.9. The van der Waals surface area contributed by atoms with E-state index in [1.165, 1.54) is 6.07 Å². The summed E-state index contributed by atoms with van der Waals surface area (Å²) in [5.41, 5.74) is 1.61. The van der Waals surface area contributed by atoms with Gasteiger partial charge < -0.3 is 14.6 Å². The van der Waals surface area contributed by atoms with Crippen LogP contribution in [0.1, 0.15) is 15.9 Å². The van der Waals surface area contributed by atoms with E-state index in [0.29, 0.717) is 23.4 Å². The minimum Gasteiger partial charge on any atom is -0.496 e. The first-order chi connectivity index (χ1) is 12.0. The van der Waals surface area contributed by atoms with Crippen LogP contribution in [0.15, 0.2) is 57.8 Å². The highest BCUT2D eigenvalue weighted by Crippen LogP contribution is 2.25. The fourth-order valence-electron chi connectivity index (χ4n) is 2.79. The van der Waals surface area contributed by atoms with Crippen LogP contribution in [0, 0.1) is 0 Å². The zero-order valence-electron chi connectivity index (χ0n) is 13.9. The number of carbonyl (C=O) groups is 1. The van der Waals surface area contributed by atoms with Crippen molar-refractivity contribution in [2.75, 3.05) is 14.2 Å². The number of nitrogens with one attached hydrogen (secondary N) is 1. The molecule has 3 rings (SSSR count). The molecule has 25 heavy (non-hydrogen) atoms. The Balaban J connectivity index is 1.96. The Hall–Kier alpha value is -2.60. The van der Waals surface area contributed by atoms with Gasteiger partial charge in [0.15, 0.2) is 0 Å². The van der Waals surface area contributed by atoms with Crippen LogP contribution in [0.4, 0.5) is 0 Å². The number of para-hydroxylation sites is 1. The molecular weight excluding hydrogens is 384 g/mol. The van der Waals surface area contributed by atoms with Gasteiger partial charge in [0, 0.05) is 40.6 Å². The van der Waals surface area contributed by atoms with E-state index in [2.05, 4.69) is 20.9 Å². The van der Waals surface area contributed by atoms with Crippen molar-refractivity contribution in [2.45, 2.75) is 6.54 Å². The number of aromatic nitrogens is 1. The molecule has 0 bridgehead atoms. The Morgan fingerprint density at radius 3 is 2.72 bits per heavy atom. The smallest absolute Gasteiger partial charge is 0.254 e. The molecule has 0 unspecified atom stereocenters. The summed E-state index contributed by atoms with van der Waals surface area (Å²) in [6.07, 6.45) is 0. The van der Waals surface area contributed by atoms with Gasteiger partial charge in [0.05, 0.1) is 12.7 Å². The van der Waals surface area contributed by atoms with Crippen molar-refractivity contribution in [1.29, 1.82) is 0 Å². The second kappa shape index (κ2) is 7.11. The third-order valence-corrected chi connectivity index (χ3v) is 4.47. The maximum Gasteiger partial charge on any atom is 0.254 e. The summed E-state index contributed by atoms with van der Waals surface area (Å²) in [6.45, 7) is 0.364. The number of hydrogen-bond donors (Lipinski definition) is 1. The van der Waals surface area contributed by atoms with Crippen molar-refractivity contribution in [1.82, 2.24) is 9.88 Å². The Labute approximate surface area is 153 Å². The first-order valence-electron chi connectivity index (χ1n) is 7.69.